The van der Waals surface area contributed by atoms with Crippen LogP contribution in [0.2, 0.25) is 0 Å². The van der Waals surface area contributed by atoms with Crippen LogP contribution in [-0.2, 0) is 6.54 Å². The van der Waals surface area contributed by atoms with Gasteiger partial charge in [-0.1, -0.05) is 24.1 Å². The average Bonchev–Trinajstić information content (AvgIpc) is 3.18. The van der Waals surface area contributed by atoms with E-state index in [0.717, 1.165) is 18.0 Å². The lowest BCUT2D eigenvalue weighted by molar-refractivity contribution is 0.318. The molecule has 1 fully saturated rings. The van der Waals surface area contributed by atoms with Crippen LogP contribution in [-0.4, -0.2) is 22.6 Å². The minimum absolute atomic E-state index is 0.0598. The topological polar surface area (TPSA) is 83.5 Å². The third-order valence-corrected chi connectivity index (χ3v) is 2.98. The number of oxime groups is 1. The molecule has 92 valence electrons. The zero-order chi connectivity index (χ0) is 12.1. The van der Waals surface area contributed by atoms with Crippen molar-refractivity contribution in [2.75, 3.05) is 6.54 Å². The van der Waals surface area contributed by atoms with E-state index in [-0.39, 0.29) is 5.84 Å². The average molecular weight is 234 g/mol. The molecule has 1 aliphatic carbocycles. The first-order valence-electron chi connectivity index (χ1n) is 5.93. The molecule has 5 nitrogen and oxygen atoms in total. The molecule has 0 radical (unpaired) electrons. The zero-order valence-corrected chi connectivity index (χ0v) is 9.76. The quantitative estimate of drug-likeness (QED) is 0.226. The van der Waals surface area contributed by atoms with E-state index in [4.69, 9.17) is 10.9 Å². The Labute approximate surface area is 101 Å². The van der Waals surface area contributed by atoms with Crippen molar-refractivity contribution in [3.05, 3.63) is 29.6 Å². The van der Waals surface area contributed by atoms with Gasteiger partial charge in [-0.15, -0.1) is 0 Å². The Kier molecular flexibility index (Phi) is 3.93. The fraction of sp³-hybridized carbons (Fsp3) is 0.500. The maximum Gasteiger partial charge on any atom is 0.189 e. The van der Waals surface area contributed by atoms with Crippen molar-refractivity contribution in [3.8, 4) is 0 Å². The van der Waals surface area contributed by atoms with Crippen LogP contribution in [0, 0.1) is 5.92 Å². The van der Waals surface area contributed by atoms with Gasteiger partial charge in [-0.05, 0) is 30.5 Å². The van der Waals surface area contributed by atoms with Gasteiger partial charge in [0, 0.05) is 12.7 Å². The summed E-state index contributed by atoms with van der Waals surface area (Å²) < 4.78 is 0. The molecule has 0 aliphatic heterocycles. The molecule has 0 unspecified atom stereocenters. The van der Waals surface area contributed by atoms with Gasteiger partial charge in [-0.2, -0.15) is 0 Å². The van der Waals surface area contributed by atoms with Gasteiger partial charge in [0.1, 0.15) is 5.69 Å². The van der Waals surface area contributed by atoms with Crippen LogP contribution < -0.4 is 11.1 Å². The summed E-state index contributed by atoms with van der Waals surface area (Å²) in [7, 11) is 0. The first-order chi connectivity index (χ1) is 8.31. The molecule has 0 bridgehead atoms. The van der Waals surface area contributed by atoms with Gasteiger partial charge in [0.05, 0.1) is 0 Å². The summed E-state index contributed by atoms with van der Waals surface area (Å²) in [6.07, 6.45) is 5.63. The van der Waals surface area contributed by atoms with Gasteiger partial charge in [0.15, 0.2) is 5.84 Å². The van der Waals surface area contributed by atoms with Crippen molar-refractivity contribution >= 4 is 5.84 Å². The second-order valence-electron chi connectivity index (χ2n) is 4.41. The predicted octanol–water partition coefficient (Wildman–Crippen LogP) is 1.07. The van der Waals surface area contributed by atoms with E-state index in [1.807, 2.05) is 12.1 Å². The van der Waals surface area contributed by atoms with E-state index in [2.05, 4.69) is 15.5 Å². The highest BCUT2D eigenvalue weighted by Gasteiger charge is 2.20. The summed E-state index contributed by atoms with van der Waals surface area (Å²) in [4.78, 5) is 4.12. The summed E-state index contributed by atoms with van der Waals surface area (Å²) in [5.41, 5.74) is 7.07. The third kappa shape index (κ3) is 3.42. The van der Waals surface area contributed by atoms with Gasteiger partial charge < -0.3 is 16.3 Å². The van der Waals surface area contributed by atoms with Crippen molar-refractivity contribution in [1.29, 1.82) is 0 Å². The van der Waals surface area contributed by atoms with Gasteiger partial charge in [-0.25, -0.2) is 0 Å². The van der Waals surface area contributed by atoms with Crippen LogP contribution >= 0.6 is 0 Å². The lowest BCUT2D eigenvalue weighted by atomic mass is 10.1. The second kappa shape index (κ2) is 5.63. The van der Waals surface area contributed by atoms with Crippen LogP contribution in [0.25, 0.3) is 0 Å². The zero-order valence-electron chi connectivity index (χ0n) is 9.76. The normalized spacial score (nSPS) is 16.1. The molecule has 0 atom stereocenters. The van der Waals surface area contributed by atoms with Gasteiger partial charge in [0.2, 0.25) is 0 Å². The molecule has 1 saturated carbocycles. The van der Waals surface area contributed by atoms with Gasteiger partial charge in [-0.3, -0.25) is 4.98 Å². The van der Waals surface area contributed by atoms with E-state index in [9.17, 15) is 0 Å². The third-order valence-electron chi connectivity index (χ3n) is 2.98. The van der Waals surface area contributed by atoms with Crippen LogP contribution in [0.1, 0.15) is 30.5 Å². The molecular weight excluding hydrogens is 216 g/mol. The number of hydrogen-bond acceptors (Lipinski definition) is 4. The number of hydrogen-bond donors (Lipinski definition) is 3. The van der Waals surface area contributed by atoms with Gasteiger partial charge >= 0.3 is 0 Å². The Morgan fingerprint density at radius 3 is 3.12 bits per heavy atom. The summed E-state index contributed by atoms with van der Waals surface area (Å²) in [6, 6.07) is 3.79. The lowest BCUT2D eigenvalue weighted by Crippen LogP contribution is -2.22. The Bertz CT molecular complexity index is 401. The Morgan fingerprint density at radius 1 is 1.59 bits per heavy atom. The minimum atomic E-state index is 0.0598. The molecule has 1 heterocycles. The fourth-order valence-corrected chi connectivity index (χ4v) is 1.80. The van der Waals surface area contributed by atoms with Crippen molar-refractivity contribution < 1.29 is 5.21 Å². The number of nitrogens with zero attached hydrogens (tertiary/aromatic N) is 2. The van der Waals surface area contributed by atoms with E-state index in [1.54, 1.807) is 6.20 Å². The molecule has 17 heavy (non-hydrogen) atoms. The first-order valence-corrected chi connectivity index (χ1v) is 5.93. The van der Waals surface area contributed by atoms with E-state index in [1.165, 1.54) is 19.3 Å². The Morgan fingerprint density at radius 2 is 2.41 bits per heavy atom. The number of rotatable bonds is 6. The van der Waals surface area contributed by atoms with E-state index >= 15 is 0 Å². The molecule has 5 heteroatoms. The number of nitrogens with one attached hydrogen (secondary N) is 1. The van der Waals surface area contributed by atoms with Crippen molar-refractivity contribution in [3.63, 3.8) is 0 Å². The van der Waals surface area contributed by atoms with E-state index < -0.39 is 0 Å². The largest absolute Gasteiger partial charge is 0.409 e. The summed E-state index contributed by atoms with van der Waals surface area (Å²) in [5.74, 6) is 0.990. The standard InChI is InChI=1S/C12H18N4O/c13-12(16-17)11-10(2-1-6-15-11)8-14-7-5-9-3-4-9/h1-2,6,9,14,17H,3-5,7-8H2,(H2,13,16). The van der Waals surface area contributed by atoms with Crippen LogP contribution in [0.15, 0.2) is 23.5 Å². The molecule has 0 aromatic carbocycles. The molecule has 1 aromatic rings. The highest BCUT2D eigenvalue weighted by atomic mass is 16.4. The van der Waals surface area contributed by atoms with Crippen molar-refractivity contribution in [1.82, 2.24) is 10.3 Å². The lowest BCUT2D eigenvalue weighted by Gasteiger charge is -2.08. The fourth-order valence-electron chi connectivity index (χ4n) is 1.80. The van der Waals surface area contributed by atoms with Crippen molar-refractivity contribution in [2.45, 2.75) is 25.8 Å². The molecule has 0 spiro atoms. The van der Waals surface area contributed by atoms with Crippen LogP contribution in [0.3, 0.4) is 0 Å². The monoisotopic (exact) mass is 234 g/mol. The number of nitrogens with two attached hydrogens (primary N) is 1. The summed E-state index contributed by atoms with van der Waals surface area (Å²) >= 11 is 0. The minimum Gasteiger partial charge on any atom is -0.409 e. The first kappa shape index (κ1) is 11.9. The molecule has 4 N–H and O–H groups in total. The highest BCUT2D eigenvalue weighted by Crippen LogP contribution is 2.31. The molecular formula is C12H18N4O. The number of aromatic nitrogens is 1. The maximum absolute atomic E-state index is 8.67. The summed E-state index contributed by atoms with van der Waals surface area (Å²) in [5, 5.41) is 15.0. The number of amidine groups is 1. The Hall–Kier alpha value is -1.62. The van der Waals surface area contributed by atoms with Crippen molar-refractivity contribution in [2.24, 2.45) is 16.8 Å². The predicted molar refractivity (Wildman–Crippen MR) is 65.8 cm³/mol. The van der Waals surface area contributed by atoms with Gasteiger partial charge in [0.25, 0.3) is 0 Å². The molecule has 2 rings (SSSR count). The molecule has 1 aromatic heterocycles. The molecule has 1 aliphatic rings. The highest BCUT2D eigenvalue weighted by molar-refractivity contribution is 5.96. The maximum atomic E-state index is 8.67. The SMILES string of the molecule is NC(=NO)c1ncccc1CNCCC1CC1. The molecule has 0 amide bonds. The smallest absolute Gasteiger partial charge is 0.189 e. The second-order valence-corrected chi connectivity index (χ2v) is 4.41. The number of pyridine rings is 1. The van der Waals surface area contributed by atoms with Crippen LogP contribution in [0.5, 0.6) is 0 Å². The Balaban J connectivity index is 1.89. The van der Waals surface area contributed by atoms with E-state index in [0.29, 0.717) is 12.2 Å². The summed E-state index contributed by atoms with van der Waals surface area (Å²) in [6.45, 7) is 1.71. The molecule has 0 saturated heterocycles. The van der Waals surface area contributed by atoms with Crippen LogP contribution in [0.4, 0.5) is 0 Å².